The fourth-order valence-corrected chi connectivity index (χ4v) is 1.05. The standard InChI is InChI=1S/C12H19F/c1-3-5-6-7-8-9-11-12(13)10-4-2/h4,9-11H,2-3,5-8H2,1H3/b11-9-,12-10+. The monoisotopic (exact) mass is 182 g/mol. The molecule has 0 radical (unpaired) electrons. The summed E-state index contributed by atoms with van der Waals surface area (Å²) >= 11 is 0. The maximum Gasteiger partial charge on any atom is 0.122 e. The lowest BCUT2D eigenvalue weighted by atomic mass is 10.1. The van der Waals surface area contributed by atoms with Crippen molar-refractivity contribution < 1.29 is 4.39 Å². The average Bonchev–Trinajstić information content (AvgIpc) is 2.11. The Balaban J connectivity index is 3.40. The molecule has 0 aliphatic rings. The molecule has 0 heterocycles. The molecule has 0 spiro atoms. The summed E-state index contributed by atoms with van der Waals surface area (Å²) in [5.74, 6) is -0.217. The third kappa shape index (κ3) is 9.06. The topological polar surface area (TPSA) is 0 Å². The van der Waals surface area contributed by atoms with Crippen molar-refractivity contribution in [3.63, 3.8) is 0 Å². The molecule has 74 valence electrons. The van der Waals surface area contributed by atoms with Crippen LogP contribution in [0, 0.1) is 0 Å². The number of halogens is 1. The highest BCUT2D eigenvalue weighted by molar-refractivity contribution is 5.15. The van der Waals surface area contributed by atoms with Gasteiger partial charge in [-0.25, -0.2) is 4.39 Å². The van der Waals surface area contributed by atoms with Gasteiger partial charge in [0, 0.05) is 0 Å². The highest BCUT2D eigenvalue weighted by Crippen LogP contribution is 2.05. The van der Waals surface area contributed by atoms with Gasteiger partial charge in [-0.2, -0.15) is 0 Å². The van der Waals surface area contributed by atoms with E-state index in [1.54, 1.807) is 0 Å². The van der Waals surface area contributed by atoms with Crippen LogP contribution >= 0.6 is 0 Å². The molecule has 0 saturated heterocycles. The Morgan fingerprint density at radius 2 is 2.08 bits per heavy atom. The number of allylic oxidation sites excluding steroid dienone is 5. The summed E-state index contributed by atoms with van der Waals surface area (Å²) < 4.78 is 12.7. The van der Waals surface area contributed by atoms with Crippen LogP contribution in [0.15, 0.2) is 36.7 Å². The van der Waals surface area contributed by atoms with Gasteiger partial charge in [-0.15, -0.1) is 0 Å². The largest absolute Gasteiger partial charge is 0.207 e. The summed E-state index contributed by atoms with van der Waals surface area (Å²) in [4.78, 5) is 0. The first-order valence-corrected chi connectivity index (χ1v) is 4.96. The second-order valence-corrected chi connectivity index (χ2v) is 3.04. The zero-order valence-corrected chi connectivity index (χ0v) is 8.43. The van der Waals surface area contributed by atoms with Gasteiger partial charge in [0.1, 0.15) is 5.83 Å². The van der Waals surface area contributed by atoms with Crippen LogP contribution in [0.25, 0.3) is 0 Å². The van der Waals surface area contributed by atoms with E-state index in [0.29, 0.717) is 0 Å². The summed E-state index contributed by atoms with van der Waals surface area (Å²) in [5.41, 5.74) is 0. The zero-order chi connectivity index (χ0) is 9.94. The molecule has 0 rings (SSSR count). The fourth-order valence-electron chi connectivity index (χ4n) is 1.05. The van der Waals surface area contributed by atoms with E-state index in [1.807, 2.05) is 6.08 Å². The molecule has 0 aromatic carbocycles. The third-order valence-electron chi connectivity index (χ3n) is 1.78. The molecular formula is C12H19F. The number of hydrogen-bond acceptors (Lipinski definition) is 0. The van der Waals surface area contributed by atoms with Crippen LogP contribution in [0.3, 0.4) is 0 Å². The molecule has 13 heavy (non-hydrogen) atoms. The minimum Gasteiger partial charge on any atom is -0.207 e. The van der Waals surface area contributed by atoms with Crippen molar-refractivity contribution in [2.45, 2.75) is 39.0 Å². The van der Waals surface area contributed by atoms with Crippen molar-refractivity contribution in [2.75, 3.05) is 0 Å². The molecule has 0 saturated carbocycles. The Labute approximate surface area is 80.9 Å². The highest BCUT2D eigenvalue weighted by atomic mass is 19.1. The summed E-state index contributed by atoms with van der Waals surface area (Å²) in [5, 5.41) is 0. The first-order valence-electron chi connectivity index (χ1n) is 4.96. The Bertz CT molecular complexity index is 178. The Morgan fingerprint density at radius 3 is 2.69 bits per heavy atom. The number of rotatable bonds is 7. The lowest BCUT2D eigenvalue weighted by molar-refractivity contribution is 0.659. The first kappa shape index (κ1) is 12.2. The van der Waals surface area contributed by atoms with Crippen molar-refractivity contribution in [1.82, 2.24) is 0 Å². The van der Waals surface area contributed by atoms with Crippen molar-refractivity contribution in [3.05, 3.63) is 36.7 Å². The first-order chi connectivity index (χ1) is 6.31. The van der Waals surface area contributed by atoms with Crippen LogP contribution in [0.2, 0.25) is 0 Å². The molecule has 0 atom stereocenters. The second kappa shape index (κ2) is 9.24. The zero-order valence-electron chi connectivity index (χ0n) is 8.43. The van der Waals surface area contributed by atoms with E-state index in [0.717, 1.165) is 12.8 Å². The van der Waals surface area contributed by atoms with Gasteiger partial charge in [0.15, 0.2) is 0 Å². The van der Waals surface area contributed by atoms with E-state index < -0.39 is 0 Å². The average molecular weight is 182 g/mol. The lowest BCUT2D eigenvalue weighted by Crippen LogP contribution is -1.73. The Hall–Kier alpha value is -0.850. The molecule has 0 aliphatic carbocycles. The van der Waals surface area contributed by atoms with Crippen LogP contribution in [0.4, 0.5) is 4.39 Å². The third-order valence-corrected chi connectivity index (χ3v) is 1.78. The van der Waals surface area contributed by atoms with E-state index >= 15 is 0 Å². The highest BCUT2D eigenvalue weighted by Gasteiger charge is 1.86. The summed E-state index contributed by atoms with van der Waals surface area (Å²) in [7, 11) is 0. The van der Waals surface area contributed by atoms with Gasteiger partial charge in [0.05, 0.1) is 0 Å². The van der Waals surface area contributed by atoms with Crippen molar-refractivity contribution in [1.29, 1.82) is 0 Å². The minimum absolute atomic E-state index is 0.217. The van der Waals surface area contributed by atoms with E-state index in [9.17, 15) is 4.39 Å². The maximum atomic E-state index is 12.7. The van der Waals surface area contributed by atoms with Crippen LogP contribution in [0.1, 0.15) is 39.0 Å². The van der Waals surface area contributed by atoms with Gasteiger partial charge in [-0.1, -0.05) is 44.9 Å². The van der Waals surface area contributed by atoms with E-state index in [-0.39, 0.29) is 5.83 Å². The molecule has 0 nitrogen and oxygen atoms in total. The second-order valence-electron chi connectivity index (χ2n) is 3.04. The van der Waals surface area contributed by atoms with E-state index in [4.69, 9.17) is 0 Å². The molecule has 0 aromatic rings. The predicted octanol–water partition coefficient (Wildman–Crippen LogP) is 4.55. The van der Waals surface area contributed by atoms with Gasteiger partial charge in [0.25, 0.3) is 0 Å². The summed E-state index contributed by atoms with van der Waals surface area (Å²) in [6.45, 7) is 5.60. The normalized spacial score (nSPS) is 12.3. The van der Waals surface area contributed by atoms with Gasteiger partial charge in [-0.3, -0.25) is 0 Å². The SMILES string of the molecule is C=C/C=C(F)\C=C/CCCCCC. The van der Waals surface area contributed by atoms with Crippen molar-refractivity contribution >= 4 is 0 Å². The molecule has 0 unspecified atom stereocenters. The Kier molecular flexibility index (Phi) is 8.64. The van der Waals surface area contributed by atoms with Gasteiger partial charge in [0.2, 0.25) is 0 Å². The van der Waals surface area contributed by atoms with Crippen LogP contribution in [-0.2, 0) is 0 Å². The van der Waals surface area contributed by atoms with Gasteiger partial charge >= 0.3 is 0 Å². The van der Waals surface area contributed by atoms with Crippen molar-refractivity contribution in [2.24, 2.45) is 0 Å². The molecule has 0 aliphatic heterocycles. The van der Waals surface area contributed by atoms with Gasteiger partial charge in [-0.05, 0) is 25.0 Å². The number of unbranched alkanes of at least 4 members (excludes halogenated alkanes) is 4. The van der Waals surface area contributed by atoms with E-state index in [1.165, 1.54) is 37.5 Å². The van der Waals surface area contributed by atoms with Gasteiger partial charge < -0.3 is 0 Å². The van der Waals surface area contributed by atoms with Crippen LogP contribution in [0.5, 0.6) is 0 Å². The van der Waals surface area contributed by atoms with E-state index in [2.05, 4.69) is 13.5 Å². The lowest BCUT2D eigenvalue weighted by Gasteiger charge is -1.93. The number of hydrogen-bond donors (Lipinski definition) is 0. The van der Waals surface area contributed by atoms with Crippen LogP contribution in [-0.4, -0.2) is 0 Å². The fraction of sp³-hybridized carbons (Fsp3) is 0.500. The quantitative estimate of drug-likeness (QED) is 0.400. The van der Waals surface area contributed by atoms with Crippen molar-refractivity contribution in [3.8, 4) is 0 Å². The molecule has 0 bridgehead atoms. The molecule has 0 fully saturated rings. The molecular weight excluding hydrogens is 163 g/mol. The van der Waals surface area contributed by atoms with Crippen LogP contribution < -0.4 is 0 Å². The molecule has 0 N–H and O–H groups in total. The molecule has 0 aromatic heterocycles. The summed E-state index contributed by atoms with van der Waals surface area (Å²) in [6, 6.07) is 0. The Morgan fingerprint density at radius 1 is 1.31 bits per heavy atom. The summed E-state index contributed by atoms with van der Waals surface area (Å²) in [6.07, 6.45) is 12.1. The smallest absolute Gasteiger partial charge is 0.122 e. The minimum atomic E-state index is -0.217. The maximum absolute atomic E-state index is 12.7. The molecule has 1 heteroatoms. The molecule has 0 amide bonds. The predicted molar refractivity (Wildman–Crippen MR) is 57.3 cm³/mol.